The number of piperidine rings is 1. The first-order valence-electron chi connectivity index (χ1n) is 10.0. The first-order chi connectivity index (χ1) is 14.4. The van der Waals surface area contributed by atoms with Crippen molar-refractivity contribution >= 4 is 35.8 Å². The molecular weight excluding hydrogens is 400 g/mol. The molecule has 3 rings (SSSR count). The highest BCUT2D eigenvalue weighted by molar-refractivity contribution is 6.36. The SMILES string of the molecule is C=N/C(=N/Nc1cccc(-c2ccccc2)c1Cl)C(C)(C)N1CCCCC1C(=O)O. The molecule has 1 aliphatic heterocycles. The van der Waals surface area contributed by atoms with Gasteiger partial charge in [0.25, 0.3) is 0 Å². The summed E-state index contributed by atoms with van der Waals surface area (Å²) in [5, 5.41) is 14.7. The highest BCUT2D eigenvalue weighted by Gasteiger charge is 2.41. The van der Waals surface area contributed by atoms with Crippen LogP contribution in [0.1, 0.15) is 33.1 Å². The van der Waals surface area contributed by atoms with Crippen LogP contribution in [0.2, 0.25) is 5.02 Å². The number of rotatable bonds is 6. The molecule has 1 fully saturated rings. The molecule has 2 aromatic rings. The van der Waals surface area contributed by atoms with Crippen molar-refractivity contribution < 1.29 is 9.90 Å². The lowest BCUT2D eigenvalue weighted by molar-refractivity contribution is -0.146. The van der Waals surface area contributed by atoms with E-state index in [1.807, 2.05) is 67.3 Å². The Hall–Kier alpha value is -2.70. The maximum absolute atomic E-state index is 11.8. The number of benzene rings is 2. The molecule has 1 atom stereocenters. The van der Waals surface area contributed by atoms with Crippen molar-refractivity contribution in [1.82, 2.24) is 4.90 Å². The zero-order valence-corrected chi connectivity index (χ0v) is 18.1. The fraction of sp³-hybridized carbons (Fsp3) is 0.348. The van der Waals surface area contributed by atoms with Crippen LogP contribution in [0.4, 0.5) is 5.69 Å². The first kappa shape index (κ1) is 22.0. The van der Waals surface area contributed by atoms with Crippen molar-refractivity contribution in [3.63, 3.8) is 0 Å². The molecule has 158 valence electrons. The zero-order chi connectivity index (χ0) is 21.7. The lowest BCUT2D eigenvalue weighted by Crippen LogP contribution is -2.58. The second kappa shape index (κ2) is 9.41. The number of likely N-dealkylation sites (tertiary alicyclic amines) is 1. The van der Waals surface area contributed by atoms with Gasteiger partial charge in [-0.2, -0.15) is 5.10 Å². The third-order valence-electron chi connectivity index (χ3n) is 5.57. The predicted molar refractivity (Wildman–Crippen MR) is 124 cm³/mol. The number of anilines is 1. The number of carboxylic acids is 1. The predicted octanol–water partition coefficient (Wildman–Crippen LogP) is 5.15. The quantitative estimate of drug-likeness (QED) is 0.380. The minimum atomic E-state index is -0.822. The Morgan fingerprint density at radius 3 is 2.60 bits per heavy atom. The first-order valence-corrected chi connectivity index (χ1v) is 10.4. The molecule has 0 aliphatic carbocycles. The molecule has 1 saturated heterocycles. The standard InChI is InChI=1S/C23H27ClN4O2/c1-23(2,28-15-8-7-14-19(28)21(29)30)22(25-3)27-26-18-13-9-12-17(20(18)24)16-10-5-4-6-11-16/h4-6,9-13,19,26H,3,7-8,14-15H2,1-2H3,(H,29,30)/b27-22+. The molecule has 0 bridgehead atoms. The Balaban J connectivity index is 1.88. The molecular formula is C23H27ClN4O2. The number of nitrogens with zero attached hydrogens (tertiary/aromatic N) is 3. The third kappa shape index (κ3) is 4.55. The molecule has 6 nitrogen and oxygen atoms in total. The zero-order valence-electron chi connectivity index (χ0n) is 17.3. The van der Waals surface area contributed by atoms with Gasteiger partial charge in [-0.3, -0.25) is 15.1 Å². The van der Waals surface area contributed by atoms with Gasteiger partial charge >= 0.3 is 5.97 Å². The summed E-state index contributed by atoms with van der Waals surface area (Å²) in [5.74, 6) is -0.408. The maximum Gasteiger partial charge on any atom is 0.320 e. The van der Waals surface area contributed by atoms with Gasteiger partial charge in [-0.25, -0.2) is 4.99 Å². The summed E-state index contributed by atoms with van der Waals surface area (Å²) in [5.41, 5.74) is 4.85. The van der Waals surface area contributed by atoms with Crippen LogP contribution in [0, 0.1) is 0 Å². The van der Waals surface area contributed by atoms with Crippen molar-refractivity contribution in [2.75, 3.05) is 12.0 Å². The largest absolute Gasteiger partial charge is 0.480 e. The Kier molecular flexibility index (Phi) is 6.90. The van der Waals surface area contributed by atoms with Gasteiger partial charge in [0.1, 0.15) is 6.04 Å². The molecule has 0 saturated carbocycles. The second-order valence-electron chi connectivity index (χ2n) is 7.84. The van der Waals surface area contributed by atoms with Crippen molar-refractivity contribution in [3.8, 4) is 11.1 Å². The molecule has 0 amide bonds. The molecule has 0 spiro atoms. The molecule has 0 radical (unpaired) electrons. The lowest BCUT2D eigenvalue weighted by atomic mass is 9.92. The number of nitrogens with one attached hydrogen (secondary N) is 1. The molecule has 2 aromatic carbocycles. The van der Waals surface area contributed by atoms with Crippen molar-refractivity contribution in [2.24, 2.45) is 10.1 Å². The third-order valence-corrected chi connectivity index (χ3v) is 5.98. The summed E-state index contributed by atoms with van der Waals surface area (Å²) in [4.78, 5) is 17.8. The number of halogens is 1. The van der Waals surface area contributed by atoms with E-state index in [1.165, 1.54) is 0 Å². The lowest BCUT2D eigenvalue weighted by Gasteiger charge is -2.43. The van der Waals surface area contributed by atoms with E-state index >= 15 is 0 Å². The summed E-state index contributed by atoms with van der Waals surface area (Å²) in [6, 6.07) is 15.0. The molecule has 1 aliphatic rings. The Labute approximate surface area is 182 Å². The monoisotopic (exact) mass is 426 g/mol. The molecule has 0 aromatic heterocycles. The summed E-state index contributed by atoms with van der Waals surface area (Å²) < 4.78 is 0. The minimum absolute atomic E-state index is 0.414. The van der Waals surface area contributed by atoms with Crippen LogP contribution in [0.25, 0.3) is 11.1 Å². The second-order valence-corrected chi connectivity index (χ2v) is 8.22. The minimum Gasteiger partial charge on any atom is -0.480 e. The van der Waals surface area contributed by atoms with Gasteiger partial charge in [0.2, 0.25) is 0 Å². The highest BCUT2D eigenvalue weighted by atomic mass is 35.5. The maximum atomic E-state index is 11.8. The molecule has 1 unspecified atom stereocenters. The van der Waals surface area contributed by atoms with Crippen molar-refractivity contribution in [3.05, 3.63) is 53.6 Å². The normalized spacial score (nSPS) is 18.1. The number of carbonyl (C=O) groups is 1. The smallest absolute Gasteiger partial charge is 0.320 e. The Morgan fingerprint density at radius 2 is 1.93 bits per heavy atom. The van der Waals surface area contributed by atoms with E-state index in [0.717, 1.165) is 24.0 Å². The topological polar surface area (TPSA) is 77.3 Å². The highest BCUT2D eigenvalue weighted by Crippen LogP contribution is 2.34. The number of aliphatic imine (C=N–C) groups is 1. The number of hydrogen-bond donors (Lipinski definition) is 2. The fourth-order valence-electron chi connectivity index (χ4n) is 3.92. The van der Waals surface area contributed by atoms with Gasteiger partial charge in [0.15, 0.2) is 5.84 Å². The van der Waals surface area contributed by atoms with E-state index in [0.29, 0.717) is 29.5 Å². The molecule has 1 heterocycles. The van der Waals surface area contributed by atoms with Crippen LogP contribution in [-0.2, 0) is 4.79 Å². The number of aliphatic carboxylic acids is 1. The molecule has 30 heavy (non-hydrogen) atoms. The number of hydrazone groups is 1. The van der Waals surface area contributed by atoms with Crippen molar-refractivity contribution in [1.29, 1.82) is 0 Å². The van der Waals surface area contributed by atoms with Crippen LogP contribution >= 0.6 is 11.6 Å². The van der Waals surface area contributed by atoms with E-state index < -0.39 is 17.6 Å². The van der Waals surface area contributed by atoms with E-state index in [9.17, 15) is 9.90 Å². The van der Waals surface area contributed by atoms with E-state index in [1.54, 1.807) is 0 Å². The summed E-state index contributed by atoms with van der Waals surface area (Å²) >= 11 is 6.63. The Bertz CT molecular complexity index is 943. The summed E-state index contributed by atoms with van der Waals surface area (Å²) in [6.07, 6.45) is 2.45. The van der Waals surface area contributed by atoms with E-state index in [-0.39, 0.29) is 0 Å². The Morgan fingerprint density at radius 1 is 1.20 bits per heavy atom. The van der Waals surface area contributed by atoms with Gasteiger partial charge in [-0.1, -0.05) is 60.5 Å². The van der Waals surface area contributed by atoms with Crippen LogP contribution in [-0.4, -0.2) is 46.7 Å². The van der Waals surface area contributed by atoms with Gasteiger partial charge < -0.3 is 5.11 Å². The van der Waals surface area contributed by atoms with Gasteiger partial charge in [0, 0.05) is 5.56 Å². The van der Waals surface area contributed by atoms with Crippen LogP contribution in [0.5, 0.6) is 0 Å². The average molecular weight is 427 g/mol. The van der Waals surface area contributed by atoms with Crippen LogP contribution in [0.15, 0.2) is 58.6 Å². The van der Waals surface area contributed by atoms with Gasteiger partial charge in [0.05, 0.1) is 16.2 Å². The van der Waals surface area contributed by atoms with Crippen LogP contribution in [0.3, 0.4) is 0 Å². The number of hydrogen-bond acceptors (Lipinski definition) is 4. The summed E-state index contributed by atoms with van der Waals surface area (Å²) in [6.45, 7) is 8.18. The molecule has 2 N–H and O–H groups in total. The molecule has 7 heteroatoms. The van der Waals surface area contributed by atoms with Gasteiger partial charge in [-0.15, -0.1) is 0 Å². The number of carboxylic acid groups (broad SMARTS) is 1. The van der Waals surface area contributed by atoms with Crippen molar-refractivity contribution in [2.45, 2.75) is 44.7 Å². The van der Waals surface area contributed by atoms with Crippen LogP contribution < -0.4 is 5.43 Å². The van der Waals surface area contributed by atoms with E-state index in [4.69, 9.17) is 11.6 Å². The average Bonchev–Trinajstić information content (AvgIpc) is 2.75. The number of amidine groups is 1. The van der Waals surface area contributed by atoms with Gasteiger partial charge in [-0.05, 0) is 51.6 Å². The fourth-order valence-corrected chi connectivity index (χ4v) is 4.20. The summed E-state index contributed by atoms with van der Waals surface area (Å²) in [7, 11) is 0. The van der Waals surface area contributed by atoms with E-state index in [2.05, 4.69) is 22.2 Å².